The molecule has 1 aromatic rings. The summed E-state index contributed by atoms with van der Waals surface area (Å²) in [6.07, 6.45) is 6.17. The summed E-state index contributed by atoms with van der Waals surface area (Å²) < 4.78 is 0. The number of rotatable bonds is 6. The third-order valence-electron chi connectivity index (χ3n) is 4.88. The van der Waals surface area contributed by atoms with Crippen molar-refractivity contribution in [3.8, 4) is 0 Å². The molecule has 1 saturated carbocycles. The number of hydrogen-bond acceptors (Lipinski definition) is 4. The average molecular weight is 302 g/mol. The van der Waals surface area contributed by atoms with Gasteiger partial charge in [-0.3, -0.25) is 4.79 Å². The van der Waals surface area contributed by atoms with Gasteiger partial charge in [-0.2, -0.15) is 0 Å². The van der Waals surface area contributed by atoms with Crippen molar-refractivity contribution < 1.29 is 4.79 Å². The number of hydrogen-bond donors (Lipinski definition) is 2. The van der Waals surface area contributed by atoms with Gasteiger partial charge in [0.1, 0.15) is 5.82 Å². The molecule has 0 radical (unpaired) electrons. The first-order valence-corrected chi connectivity index (χ1v) is 8.45. The van der Waals surface area contributed by atoms with Gasteiger partial charge in [-0.15, -0.1) is 0 Å². The monoisotopic (exact) mass is 302 g/mol. The fraction of sp³-hybridized carbons (Fsp3) is 0.647. The molecule has 1 aliphatic heterocycles. The lowest BCUT2D eigenvalue weighted by atomic mass is 10.1. The van der Waals surface area contributed by atoms with Crippen LogP contribution in [0.15, 0.2) is 18.3 Å². The maximum Gasteiger partial charge on any atom is 0.253 e. The Morgan fingerprint density at radius 1 is 1.45 bits per heavy atom. The van der Waals surface area contributed by atoms with Crippen LogP contribution in [0.3, 0.4) is 0 Å². The first-order valence-electron chi connectivity index (χ1n) is 8.45. The Morgan fingerprint density at radius 2 is 2.27 bits per heavy atom. The molecule has 1 unspecified atom stereocenters. The Balaban J connectivity index is 1.63. The molecule has 22 heavy (non-hydrogen) atoms. The molecule has 5 nitrogen and oxygen atoms in total. The fourth-order valence-electron chi connectivity index (χ4n) is 3.39. The number of nitrogens with zero attached hydrogens (tertiary/aromatic N) is 2. The van der Waals surface area contributed by atoms with Gasteiger partial charge in [0.2, 0.25) is 0 Å². The van der Waals surface area contributed by atoms with Crippen molar-refractivity contribution in [2.45, 2.75) is 51.1 Å². The Labute approximate surface area is 132 Å². The third kappa shape index (κ3) is 2.95. The van der Waals surface area contributed by atoms with E-state index in [0.29, 0.717) is 5.56 Å². The first-order chi connectivity index (χ1) is 10.7. The van der Waals surface area contributed by atoms with Crippen molar-refractivity contribution in [3.05, 3.63) is 23.9 Å². The van der Waals surface area contributed by atoms with Crippen LogP contribution in [0.4, 0.5) is 5.82 Å². The minimum atomic E-state index is -0.00225. The lowest BCUT2D eigenvalue weighted by Gasteiger charge is -2.22. The normalized spacial score (nSPS) is 21.8. The van der Waals surface area contributed by atoms with E-state index in [-0.39, 0.29) is 17.5 Å². The van der Waals surface area contributed by atoms with Gasteiger partial charge in [0.25, 0.3) is 5.91 Å². The molecule has 1 saturated heterocycles. The van der Waals surface area contributed by atoms with Crippen LogP contribution >= 0.6 is 0 Å². The summed E-state index contributed by atoms with van der Waals surface area (Å²) >= 11 is 0. The van der Waals surface area contributed by atoms with Gasteiger partial charge in [-0.25, -0.2) is 4.98 Å². The number of aromatic nitrogens is 1. The van der Waals surface area contributed by atoms with Crippen LogP contribution in [-0.4, -0.2) is 42.1 Å². The van der Waals surface area contributed by atoms with E-state index in [2.05, 4.69) is 34.4 Å². The first kappa shape index (κ1) is 15.3. The van der Waals surface area contributed by atoms with E-state index in [0.717, 1.165) is 38.3 Å². The van der Waals surface area contributed by atoms with Crippen molar-refractivity contribution in [3.63, 3.8) is 0 Å². The molecular formula is C17H26N4O. The van der Waals surface area contributed by atoms with Crippen LogP contribution in [0.1, 0.15) is 49.9 Å². The molecule has 1 atom stereocenters. The summed E-state index contributed by atoms with van der Waals surface area (Å²) in [5, 5.41) is 6.70. The molecule has 2 fully saturated rings. The lowest BCUT2D eigenvalue weighted by Crippen LogP contribution is -2.45. The molecule has 2 N–H and O–H groups in total. The highest BCUT2D eigenvalue weighted by Crippen LogP contribution is 2.42. The Bertz CT molecular complexity index is 524. The maximum atomic E-state index is 12.4. The number of carbonyl (C=O) groups is 1. The van der Waals surface area contributed by atoms with Crippen LogP contribution in [-0.2, 0) is 0 Å². The summed E-state index contributed by atoms with van der Waals surface area (Å²) in [7, 11) is 0. The standard InChI is InChI=1S/C17H26N4O/c1-3-11-21(4-2)15-6-5-13(12-18-15)16(22)20-14-7-10-19-17(14)8-9-17/h5-6,12,14,19H,3-4,7-11H2,1-2H3,(H,20,22). The molecule has 120 valence electrons. The largest absolute Gasteiger partial charge is 0.357 e. The topological polar surface area (TPSA) is 57.3 Å². The van der Waals surface area contributed by atoms with Gasteiger partial charge in [-0.1, -0.05) is 6.92 Å². The van der Waals surface area contributed by atoms with E-state index < -0.39 is 0 Å². The molecule has 1 amide bonds. The molecule has 1 aliphatic carbocycles. The summed E-state index contributed by atoms with van der Waals surface area (Å²) in [6, 6.07) is 4.11. The van der Waals surface area contributed by atoms with E-state index in [4.69, 9.17) is 0 Å². The van der Waals surface area contributed by atoms with Crippen LogP contribution in [0, 0.1) is 0 Å². The quantitative estimate of drug-likeness (QED) is 0.843. The van der Waals surface area contributed by atoms with Crippen molar-refractivity contribution in [1.82, 2.24) is 15.6 Å². The summed E-state index contributed by atoms with van der Waals surface area (Å²) in [5.74, 6) is 0.944. The van der Waals surface area contributed by atoms with Crippen molar-refractivity contribution >= 4 is 11.7 Å². The highest BCUT2D eigenvalue weighted by molar-refractivity contribution is 5.94. The second-order valence-corrected chi connectivity index (χ2v) is 6.38. The van der Waals surface area contributed by atoms with Crippen molar-refractivity contribution in [2.75, 3.05) is 24.5 Å². The SMILES string of the molecule is CCCN(CC)c1ccc(C(=O)NC2CCNC23CC3)cn1. The van der Waals surface area contributed by atoms with E-state index in [9.17, 15) is 4.79 Å². The van der Waals surface area contributed by atoms with Crippen molar-refractivity contribution in [2.24, 2.45) is 0 Å². The molecule has 1 spiro atoms. The van der Waals surface area contributed by atoms with Crippen molar-refractivity contribution in [1.29, 1.82) is 0 Å². The third-order valence-corrected chi connectivity index (χ3v) is 4.88. The molecule has 0 bridgehead atoms. The molecule has 1 aromatic heterocycles. The molecule has 5 heteroatoms. The minimum absolute atomic E-state index is 0.00225. The second kappa shape index (κ2) is 6.24. The summed E-state index contributed by atoms with van der Waals surface area (Å²) in [4.78, 5) is 19.1. The second-order valence-electron chi connectivity index (χ2n) is 6.38. The predicted octanol–water partition coefficient (Wildman–Crippen LogP) is 1.94. The fourth-order valence-corrected chi connectivity index (χ4v) is 3.39. The smallest absolute Gasteiger partial charge is 0.253 e. The average Bonchev–Trinajstić information content (AvgIpc) is 3.22. The maximum absolute atomic E-state index is 12.4. The Morgan fingerprint density at radius 3 is 2.86 bits per heavy atom. The summed E-state index contributed by atoms with van der Waals surface area (Å²) in [6.45, 7) is 7.21. The van der Waals surface area contributed by atoms with Gasteiger partial charge in [0, 0.05) is 30.9 Å². The van der Waals surface area contributed by atoms with Gasteiger partial charge < -0.3 is 15.5 Å². The molecule has 2 aliphatic rings. The van der Waals surface area contributed by atoms with Gasteiger partial charge >= 0.3 is 0 Å². The number of amides is 1. The zero-order valence-corrected chi connectivity index (χ0v) is 13.6. The van der Waals surface area contributed by atoms with Crippen LogP contribution in [0.2, 0.25) is 0 Å². The van der Waals surface area contributed by atoms with E-state index >= 15 is 0 Å². The predicted molar refractivity (Wildman–Crippen MR) is 88.3 cm³/mol. The molecule has 0 aromatic carbocycles. The number of carbonyl (C=O) groups excluding carboxylic acids is 1. The number of nitrogens with one attached hydrogen (secondary N) is 2. The van der Waals surface area contributed by atoms with Crippen LogP contribution in [0.25, 0.3) is 0 Å². The molecular weight excluding hydrogens is 276 g/mol. The highest BCUT2D eigenvalue weighted by atomic mass is 16.1. The Hall–Kier alpha value is -1.62. The number of pyridine rings is 1. The molecule has 3 rings (SSSR count). The number of anilines is 1. The lowest BCUT2D eigenvalue weighted by molar-refractivity contribution is 0.0931. The van der Waals surface area contributed by atoms with Gasteiger partial charge in [0.05, 0.1) is 5.56 Å². The van der Waals surface area contributed by atoms with E-state index in [1.807, 2.05) is 12.1 Å². The van der Waals surface area contributed by atoms with Crippen LogP contribution in [0.5, 0.6) is 0 Å². The van der Waals surface area contributed by atoms with Crippen LogP contribution < -0.4 is 15.5 Å². The molecule has 2 heterocycles. The highest BCUT2D eigenvalue weighted by Gasteiger charge is 2.52. The van der Waals surface area contributed by atoms with E-state index in [1.54, 1.807) is 6.20 Å². The van der Waals surface area contributed by atoms with Gasteiger partial charge in [0.15, 0.2) is 0 Å². The zero-order valence-electron chi connectivity index (χ0n) is 13.6. The van der Waals surface area contributed by atoms with Gasteiger partial charge in [-0.05, 0) is 51.3 Å². The summed E-state index contributed by atoms with van der Waals surface area (Å²) in [5.41, 5.74) is 0.849. The Kier molecular flexibility index (Phi) is 4.34. The zero-order chi connectivity index (χ0) is 15.6. The minimum Gasteiger partial charge on any atom is -0.357 e. The van der Waals surface area contributed by atoms with E-state index in [1.165, 1.54) is 12.8 Å².